The van der Waals surface area contributed by atoms with Crippen molar-refractivity contribution in [3.63, 3.8) is 0 Å². The Morgan fingerprint density at radius 1 is 0.485 bits per heavy atom. The lowest BCUT2D eigenvalue weighted by Crippen LogP contribution is -2.42. The maximum Gasteiger partial charge on any atom is 0.419 e. The van der Waals surface area contributed by atoms with Crippen molar-refractivity contribution in [2.75, 3.05) is 0 Å². The van der Waals surface area contributed by atoms with Crippen molar-refractivity contribution >= 4 is 111 Å². The summed E-state index contributed by atoms with van der Waals surface area (Å²) in [5.41, 5.74) is 0.782. The Balaban J connectivity index is 1.03. The maximum absolute atomic E-state index is 14.2. The highest BCUT2D eigenvalue weighted by Crippen LogP contribution is 2.34. The Kier molecular flexibility index (Phi) is 9.08. The molecule has 6 aromatic carbocycles. The van der Waals surface area contributed by atoms with Crippen molar-refractivity contribution in [1.82, 2.24) is 9.13 Å². The highest BCUT2D eigenvalue weighted by molar-refractivity contribution is 7.22. The summed E-state index contributed by atoms with van der Waals surface area (Å²) in [5, 5.41) is 4.22. The van der Waals surface area contributed by atoms with E-state index in [0.717, 1.165) is 21.6 Å². The molecule has 4 aromatic heterocycles. The maximum atomic E-state index is 14.2. The van der Waals surface area contributed by atoms with E-state index >= 15 is 0 Å². The SMILES string of the molecule is O=C(OCc1ccccc1)n1c2c(c3sc(N=c4c(=O)c5ccccc5c4=O)cc31)=CC1C=c3c(c4sc(N=c5c(=O)c6ccccc6c5=O)cc4n3C(=O)OCc3ccccc3)=CC1C=2. The molecule has 0 bridgehead atoms. The van der Waals surface area contributed by atoms with Gasteiger partial charge in [-0.3, -0.25) is 19.2 Å². The molecule has 0 aliphatic heterocycles. The Labute approximate surface area is 377 Å². The minimum absolute atomic E-state index is 0.0216. The predicted octanol–water partition coefficient (Wildman–Crippen LogP) is 5.13. The number of rotatable bonds is 6. The monoisotopic (exact) mass is 902 g/mol. The van der Waals surface area contributed by atoms with E-state index in [1.807, 2.05) is 85.0 Å². The van der Waals surface area contributed by atoms with Gasteiger partial charge in [-0.2, -0.15) is 0 Å². The van der Waals surface area contributed by atoms with Crippen molar-refractivity contribution in [2.24, 2.45) is 21.8 Å². The molecule has 0 saturated heterocycles. The standard InChI is InChI=1S/C52H30N4O8S2/c57-45-31-15-7-8-16-32(31)46(58)43(45)53-41-23-39-49(65-41)35-19-30-22-38-36(20-29(30)21-37(35)55(39)51(61)63-25-27-11-3-1-4-12-27)50-40(56(38)52(62)64-26-28-13-5-2-6-14-28)24-42(66-50)54-44-47(59)33-17-9-10-18-34(33)48(44)60/h1-24,29-30H,25-26H2. The first-order valence-corrected chi connectivity index (χ1v) is 22.6. The van der Waals surface area contributed by atoms with Crippen molar-refractivity contribution in [2.45, 2.75) is 13.2 Å². The molecular formula is C52H30N4O8S2. The second-order valence-corrected chi connectivity index (χ2v) is 18.2. The molecule has 14 heteroatoms. The van der Waals surface area contributed by atoms with E-state index in [9.17, 15) is 28.8 Å². The van der Waals surface area contributed by atoms with E-state index in [-0.39, 0.29) is 35.8 Å². The second-order valence-electron chi connectivity index (χ2n) is 16.1. The van der Waals surface area contributed by atoms with Gasteiger partial charge in [-0.15, -0.1) is 22.7 Å². The molecule has 318 valence electrons. The fraction of sp³-hybridized carbons (Fsp3) is 0.0769. The summed E-state index contributed by atoms with van der Waals surface area (Å²) in [4.78, 5) is 91.0. The molecule has 10 aromatic rings. The van der Waals surface area contributed by atoms with Crippen molar-refractivity contribution < 1.29 is 19.1 Å². The fourth-order valence-electron chi connectivity index (χ4n) is 9.10. The van der Waals surface area contributed by atoms with Gasteiger partial charge in [0.05, 0.1) is 31.1 Å². The molecule has 66 heavy (non-hydrogen) atoms. The molecule has 2 unspecified atom stereocenters. The third-order valence-corrected chi connectivity index (χ3v) is 14.3. The molecule has 0 amide bonds. The van der Waals surface area contributed by atoms with Crippen LogP contribution in [0.1, 0.15) is 11.1 Å². The highest BCUT2D eigenvalue weighted by Gasteiger charge is 2.29. The van der Waals surface area contributed by atoms with Crippen LogP contribution in [0.25, 0.3) is 66.3 Å². The van der Waals surface area contributed by atoms with Gasteiger partial charge < -0.3 is 9.47 Å². The zero-order valence-corrected chi connectivity index (χ0v) is 35.9. The Hall–Kier alpha value is -8.20. The van der Waals surface area contributed by atoms with Crippen LogP contribution in [0.15, 0.2) is 150 Å². The summed E-state index contributed by atoms with van der Waals surface area (Å²) in [6.45, 7) is 0.0432. The minimum Gasteiger partial charge on any atom is -0.444 e. The van der Waals surface area contributed by atoms with E-state index in [1.54, 1.807) is 60.7 Å². The van der Waals surface area contributed by atoms with Gasteiger partial charge in [0.25, 0.3) is 0 Å². The van der Waals surface area contributed by atoms with Crippen LogP contribution in [0.2, 0.25) is 0 Å². The summed E-state index contributed by atoms with van der Waals surface area (Å²) < 4.78 is 16.2. The van der Waals surface area contributed by atoms with Crippen LogP contribution < -0.4 is 53.6 Å². The average Bonchev–Trinajstić information content (AvgIpc) is 4.17. The molecular weight excluding hydrogens is 873 g/mol. The number of hydrogen-bond acceptors (Lipinski definition) is 12. The minimum atomic E-state index is -0.624. The number of hydrogen-bond donors (Lipinski definition) is 0. The zero-order chi connectivity index (χ0) is 44.8. The number of nitrogens with zero attached hydrogens (tertiary/aromatic N) is 4. The van der Waals surface area contributed by atoms with Gasteiger partial charge >= 0.3 is 12.2 Å². The van der Waals surface area contributed by atoms with E-state index in [1.165, 1.54) is 31.8 Å². The van der Waals surface area contributed by atoms with Gasteiger partial charge in [0.2, 0.25) is 21.7 Å². The molecule has 0 N–H and O–H groups in total. The number of thiophene rings is 2. The summed E-state index contributed by atoms with van der Waals surface area (Å²) in [5.74, 6) is -0.601. The molecule has 12 rings (SSSR count). The third kappa shape index (κ3) is 6.25. The van der Waals surface area contributed by atoms with E-state index in [4.69, 9.17) is 9.47 Å². The molecule has 2 aliphatic carbocycles. The molecule has 12 nitrogen and oxygen atoms in total. The van der Waals surface area contributed by atoms with Crippen LogP contribution >= 0.6 is 22.7 Å². The van der Waals surface area contributed by atoms with Crippen LogP contribution in [0.4, 0.5) is 19.6 Å². The molecule has 0 saturated carbocycles. The predicted molar refractivity (Wildman–Crippen MR) is 255 cm³/mol. The third-order valence-electron chi connectivity index (χ3n) is 12.2. The normalized spacial score (nSPS) is 15.0. The summed E-state index contributed by atoms with van der Waals surface area (Å²) in [6, 6.07) is 35.3. The number of aromatic nitrogens is 2. The first-order valence-electron chi connectivity index (χ1n) is 20.9. The first-order chi connectivity index (χ1) is 32.2. The smallest absolute Gasteiger partial charge is 0.419 e. The number of benzene rings is 4. The quantitative estimate of drug-likeness (QED) is 0.223. The lowest BCUT2D eigenvalue weighted by Gasteiger charge is -2.21. The van der Waals surface area contributed by atoms with E-state index < -0.39 is 33.9 Å². The Morgan fingerprint density at radius 2 is 0.833 bits per heavy atom. The van der Waals surface area contributed by atoms with Crippen LogP contribution in [-0.2, 0) is 22.7 Å². The van der Waals surface area contributed by atoms with Gasteiger partial charge in [0.1, 0.15) is 23.2 Å². The lowest BCUT2D eigenvalue weighted by atomic mass is 9.84. The van der Waals surface area contributed by atoms with Gasteiger partial charge in [-0.05, 0) is 23.3 Å². The van der Waals surface area contributed by atoms with Gasteiger partial charge in [-0.25, -0.2) is 28.7 Å². The fourth-order valence-corrected chi connectivity index (χ4v) is 11.2. The molecule has 0 spiro atoms. The molecule has 2 atom stereocenters. The Bertz CT molecular complexity index is 3950. The first kappa shape index (κ1) is 39.4. The highest BCUT2D eigenvalue weighted by atomic mass is 32.1. The molecule has 0 radical (unpaired) electrons. The largest absolute Gasteiger partial charge is 0.444 e. The van der Waals surface area contributed by atoms with Gasteiger partial charge in [0.15, 0.2) is 10.7 Å². The average molecular weight is 903 g/mol. The van der Waals surface area contributed by atoms with Gasteiger partial charge in [0, 0.05) is 43.8 Å². The summed E-state index contributed by atoms with van der Waals surface area (Å²) in [7, 11) is 0. The van der Waals surface area contributed by atoms with Crippen LogP contribution in [0.5, 0.6) is 0 Å². The number of carbonyl (C=O) groups is 2. The van der Waals surface area contributed by atoms with Gasteiger partial charge in [-0.1, -0.05) is 133 Å². The van der Waals surface area contributed by atoms with E-state index in [2.05, 4.69) is 9.98 Å². The van der Waals surface area contributed by atoms with Crippen LogP contribution in [0.3, 0.4) is 0 Å². The number of carbonyl (C=O) groups excluding carboxylic acids is 2. The molecule has 4 heterocycles. The molecule has 2 aliphatic rings. The van der Waals surface area contributed by atoms with Crippen molar-refractivity contribution in [1.29, 1.82) is 0 Å². The number of ether oxygens (including phenoxy) is 2. The van der Waals surface area contributed by atoms with Crippen molar-refractivity contribution in [3.05, 3.63) is 205 Å². The number of fused-ring (bicyclic) bond motifs is 9. The van der Waals surface area contributed by atoms with Crippen LogP contribution in [0, 0.1) is 11.8 Å². The zero-order valence-electron chi connectivity index (χ0n) is 34.3. The summed E-state index contributed by atoms with van der Waals surface area (Å²) >= 11 is 2.51. The molecule has 0 fully saturated rings. The Morgan fingerprint density at radius 3 is 1.20 bits per heavy atom. The van der Waals surface area contributed by atoms with E-state index in [0.29, 0.717) is 62.7 Å². The lowest BCUT2D eigenvalue weighted by molar-refractivity contribution is 0.141. The van der Waals surface area contributed by atoms with Crippen LogP contribution in [-0.4, -0.2) is 21.3 Å². The second kappa shape index (κ2) is 15.2. The topological polar surface area (TPSA) is 155 Å². The summed E-state index contributed by atoms with van der Waals surface area (Å²) in [6.07, 6.45) is 6.85. The van der Waals surface area contributed by atoms with Crippen molar-refractivity contribution in [3.8, 4) is 0 Å².